The van der Waals surface area contributed by atoms with Gasteiger partial charge >= 0.3 is 11.9 Å². The first-order valence-electron chi connectivity index (χ1n) is 16.2. The smallest absolute Gasteiger partial charge is 0.316 e. The number of rotatable bonds is 14. The molecule has 2 aromatic carbocycles. The number of hydrogen-bond acceptors (Lipinski definition) is 9. The Balaban J connectivity index is 1.29. The Morgan fingerprint density at radius 2 is 1.64 bits per heavy atom. The summed E-state index contributed by atoms with van der Waals surface area (Å²) in [5.74, 6) is -1.74. The number of aryl methyl sites for hydroxylation is 1. The number of thiazole rings is 1. The van der Waals surface area contributed by atoms with E-state index in [9.17, 15) is 18.0 Å². The van der Waals surface area contributed by atoms with Gasteiger partial charge in [-0.2, -0.15) is 4.57 Å². The van der Waals surface area contributed by atoms with Crippen LogP contribution in [0.1, 0.15) is 30.7 Å². The van der Waals surface area contributed by atoms with E-state index in [0.29, 0.717) is 19.0 Å². The number of nitrogens with zero attached hydrogens (tertiary/aromatic N) is 2. The molecule has 264 valence electrons. The summed E-state index contributed by atoms with van der Waals surface area (Å²) in [6, 6.07) is 12.8. The zero-order valence-electron chi connectivity index (χ0n) is 27.8. The number of anilines is 1. The molecule has 8 nitrogen and oxygen atoms in total. The number of carboxylic acid groups (broad SMARTS) is 2. The molecule has 0 fully saturated rings. The van der Waals surface area contributed by atoms with Crippen LogP contribution >= 0.6 is 46.6 Å². The highest BCUT2D eigenvalue weighted by atomic mass is 32.2. The monoisotopic (exact) mass is 787 g/mol. The van der Waals surface area contributed by atoms with Crippen LogP contribution in [0.5, 0.6) is 0 Å². The molecule has 50 heavy (non-hydrogen) atoms. The normalized spacial score (nSPS) is 20.0. The second-order valence-corrected chi connectivity index (χ2v) is 19.3. The van der Waals surface area contributed by atoms with E-state index in [1.807, 2.05) is 12.5 Å². The number of aromatic nitrogens is 1. The van der Waals surface area contributed by atoms with Crippen molar-refractivity contribution in [3.63, 3.8) is 0 Å². The largest absolute Gasteiger partial charge is 0.481 e. The van der Waals surface area contributed by atoms with E-state index in [-0.39, 0.29) is 23.0 Å². The molecule has 0 radical (unpaired) electrons. The molecule has 0 saturated heterocycles. The zero-order valence-corrected chi connectivity index (χ0v) is 32.7. The molecule has 14 heteroatoms. The molecule has 2 aliphatic carbocycles. The highest BCUT2D eigenvalue weighted by Gasteiger charge is 2.29. The molecule has 0 amide bonds. The summed E-state index contributed by atoms with van der Waals surface area (Å²) in [5, 5.41) is 20.4. The third-order valence-corrected chi connectivity index (χ3v) is 15.0. The minimum absolute atomic E-state index is 0.277. The zero-order chi connectivity index (χ0) is 35.4. The number of aliphatic carboxylic acids is 2. The summed E-state index contributed by atoms with van der Waals surface area (Å²) in [6.07, 6.45) is 17.3. The molecule has 1 aromatic heterocycles. The fourth-order valence-electron chi connectivity index (χ4n) is 6.45. The van der Waals surface area contributed by atoms with Gasteiger partial charge in [-0.3, -0.25) is 18.0 Å². The minimum atomic E-state index is -1.45. The average Bonchev–Trinajstić information content (AvgIpc) is 3.60. The first kappa shape index (κ1) is 37.1. The van der Waals surface area contributed by atoms with Gasteiger partial charge in [0.15, 0.2) is 6.54 Å². The van der Waals surface area contributed by atoms with Crippen LogP contribution in [0.2, 0.25) is 0 Å². The highest BCUT2D eigenvalue weighted by molar-refractivity contribution is 8.03. The van der Waals surface area contributed by atoms with Gasteiger partial charge in [0.25, 0.3) is 5.01 Å². The van der Waals surface area contributed by atoms with Gasteiger partial charge in [0.1, 0.15) is 16.2 Å². The van der Waals surface area contributed by atoms with Crippen LogP contribution < -0.4 is 9.47 Å². The van der Waals surface area contributed by atoms with Gasteiger partial charge < -0.3 is 15.1 Å². The fraction of sp³-hybridized carbons (Fsp3) is 0.361. The molecule has 3 unspecified atom stereocenters. The average molecular weight is 788 g/mol. The van der Waals surface area contributed by atoms with Crippen LogP contribution in [-0.4, -0.2) is 72.6 Å². The Morgan fingerprint density at radius 3 is 2.38 bits per heavy atom. The first-order valence-corrected chi connectivity index (χ1v) is 23.3. The Morgan fingerprint density at radius 1 is 0.940 bits per heavy atom. The summed E-state index contributed by atoms with van der Waals surface area (Å²) in [5.41, 5.74) is 5.95. The van der Waals surface area contributed by atoms with Crippen molar-refractivity contribution >= 4 is 102 Å². The molecule has 0 bridgehead atoms. The molecule has 0 saturated carbocycles. The van der Waals surface area contributed by atoms with Crippen molar-refractivity contribution in [2.45, 2.75) is 46.9 Å². The van der Waals surface area contributed by atoms with Gasteiger partial charge in [-0.25, -0.2) is 0 Å². The van der Waals surface area contributed by atoms with Crippen molar-refractivity contribution in [3.05, 3.63) is 81.4 Å². The Bertz CT molecular complexity index is 2000. The number of hydrogen-bond donors (Lipinski definition) is 2. The Labute approximate surface area is 314 Å². The van der Waals surface area contributed by atoms with Gasteiger partial charge in [-0.15, -0.1) is 23.5 Å². The lowest BCUT2D eigenvalue weighted by atomic mass is 9.77. The van der Waals surface area contributed by atoms with E-state index >= 15 is 0 Å². The van der Waals surface area contributed by atoms with E-state index in [0.717, 1.165) is 66.3 Å². The second-order valence-electron chi connectivity index (χ2n) is 12.2. The maximum Gasteiger partial charge on any atom is 0.316 e. The Kier molecular flexibility index (Phi) is 12.5. The molecular weight excluding hydrogens is 749 g/mol. The lowest BCUT2D eigenvalue weighted by molar-refractivity contribution is -0.664. The van der Waals surface area contributed by atoms with Crippen LogP contribution in [0, 0.1) is 5.92 Å². The molecule has 2 heterocycles. The lowest BCUT2D eigenvalue weighted by Gasteiger charge is -2.28. The van der Waals surface area contributed by atoms with Crippen molar-refractivity contribution in [1.29, 1.82) is 0 Å². The molecular formula is C36H39N2O6S6+. The van der Waals surface area contributed by atoms with Gasteiger partial charge in [0.2, 0.25) is 5.52 Å². The summed E-state index contributed by atoms with van der Waals surface area (Å²) in [7, 11) is -2.89. The molecule has 1 aliphatic heterocycles. The van der Waals surface area contributed by atoms with E-state index in [1.54, 1.807) is 46.6 Å². The predicted octanol–water partition coefficient (Wildman–Crippen LogP) is 7.19. The van der Waals surface area contributed by atoms with Crippen LogP contribution in [0.25, 0.3) is 16.3 Å². The van der Waals surface area contributed by atoms with Crippen molar-refractivity contribution in [2.75, 3.05) is 47.0 Å². The molecule has 3 atom stereocenters. The molecule has 2 N–H and O–H groups in total. The second kappa shape index (κ2) is 16.8. The quantitative estimate of drug-likeness (QED) is 0.129. The Hall–Kier alpha value is -2.62. The molecule has 3 aromatic rings. The number of thioether (sulfide) groups is 3. The van der Waals surface area contributed by atoms with Crippen molar-refractivity contribution in [2.24, 2.45) is 5.92 Å². The third-order valence-electron chi connectivity index (χ3n) is 8.89. The van der Waals surface area contributed by atoms with E-state index in [2.05, 4.69) is 70.2 Å². The van der Waals surface area contributed by atoms with Crippen LogP contribution in [0.3, 0.4) is 0 Å². The summed E-state index contributed by atoms with van der Waals surface area (Å²) in [4.78, 5) is 27.9. The van der Waals surface area contributed by atoms with Crippen LogP contribution in [0.15, 0.2) is 91.1 Å². The number of carboxylic acids is 2. The maximum atomic E-state index is 12.5. The van der Waals surface area contributed by atoms with Gasteiger partial charge in [-0.05, 0) is 97.2 Å². The number of benzene rings is 2. The SMILES string of the molecule is CSc1ccc2c(c1)N(CCS(=O)CC(=O)O)/C(=C/C1=CC3=C/C(=C/c4sc5ccc(SC)cc5[n+]4CCS(=O)CC(=O)O)CCC3CC1)S2. The van der Waals surface area contributed by atoms with Crippen molar-refractivity contribution in [1.82, 2.24) is 0 Å². The third kappa shape index (κ3) is 9.05. The first-order chi connectivity index (χ1) is 24.1. The standard InChI is InChI=1S/C36H38N2O6S6/c1-45-27-7-9-31-29(19-27)37(11-13-49(43)21-35(39)40)33(47-31)17-23-3-5-25-6-4-24(16-26(25)15-23)18-34-38(12-14-50(44)22-36(41)42)30-20-28(46-2)8-10-32(30)48-34/h7-10,15-20,25H,3-6,11-14,21-22H2,1-2H3,(H-,39,40,41,42)/p+1. The van der Waals surface area contributed by atoms with E-state index < -0.39 is 33.5 Å². The topological polar surface area (TPSA) is 116 Å². The maximum absolute atomic E-state index is 12.5. The summed E-state index contributed by atoms with van der Waals surface area (Å²) < 4.78 is 28.3. The molecule has 3 aliphatic rings. The van der Waals surface area contributed by atoms with Crippen LogP contribution in [0.4, 0.5) is 5.69 Å². The van der Waals surface area contributed by atoms with Gasteiger partial charge in [-0.1, -0.05) is 35.3 Å². The summed E-state index contributed by atoms with van der Waals surface area (Å²) in [6.45, 7) is 0.957. The van der Waals surface area contributed by atoms with Gasteiger partial charge in [0, 0.05) is 60.7 Å². The van der Waals surface area contributed by atoms with Crippen molar-refractivity contribution in [3.8, 4) is 0 Å². The number of carbonyl (C=O) groups is 2. The van der Waals surface area contributed by atoms with E-state index in [1.165, 1.54) is 16.7 Å². The summed E-state index contributed by atoms with van der Waals surface area (Å²) >= 11 is 6.76. The number of fused-ring (bicyclic) bond motifs is 3. The van der Waals surface area contributed by atoms with Gasteiger partial charge in [0.05, 0.1) is 16.5 Å². The molecule has 6 rings (SSSR count). The fourth-order valence-corrected chi connectivity index (χ4v) is 11.2. The predicted molar refractivity (Wildman–Crippen MR) is 210 cm³/mol. The van der Waals surface area contributed by atoms with Crippen molar-refractivity contribution < 1.29 is 32.8 Å². The van der Waals surface area contributed by atoms with Crippen LogP contribution in [-0.2, 0) is 37.7 Å². The van der Waals surface area contributed by atoms with E-state index in [4.69, 9.17) is 10.2 Å². The lowest BCUT2D eigenvalue weighted by Crippen LogP contribution is -2.38. The molecule has 0 spiro atoms. The highest BCUT2D eigenvalue weighted by Crippen LogP contribution is 2.48. The minimum Gasteiger partial charge on any atom is -0.481 e. The number of allylic oxidation sites excluding steroid dienone is 6.